The van der Waals surface area contributed by atoms with E-state index >= 15 is 0 Å². The van der Waals surface area contributed by atoms with Gasteiger partial charge >= 0.3 is 0 Å². The standard InChI is InChI=1S/C22H22Cl2N6.2CH4O3S/c1-15-19(21(23)29(27(15)3)17-11-7-5-8-12-17)25-26-20-16(2)28(4)30(22(20)24)18-13-9-6-10-14-18;2*1-5(2,3)4/h5-14H,1-4H3;2*1H3,(H,2,3,4)/q+2;;/p-2. The van der Waals surface area contributed by atoms with Crippen LogP contribution in [0.5, 0.6) is 0 Å². The van der Waals surface area contributed by atoms with Gasteiger partial charge in [0.25, 0.3) is 0 Å². The van der Waals surface area contributed by atoms with Crippen molar-refractivity contribution in [1.82, 2.24) is 9.36 Å². The molecular weight excluding hydrogens is 603 g/mol. The Labute approximate surface area is 243 Å². The van der Waals surface area contributed by atoms with Crippen molar-refractivity contribution in [2.75, 3.05) is 12.5 Å². The molecule has 0 saturated heterocycles. The van der Waals surface area contributed by atoms with Crippen LogP contribution in [0.2, 0.25) is 10.3 Å². The summed E-state index contributed by atoms with van der Waals surface area (Å²) in [6, 6.07) is 19.8. The van der Waals surface area contributed by atoms with E-state index in [1.165, 1.54) is 0 Å². The summed E-state index contributed by atoms with van der Waals surface area (Å²) in [4.78, 5) is 0. The third-order valence-electron chi connectivity index (χ3n) is 5.27. The number of azo groups is 1. The SMILES string of the molecule is CS(=O)(=O)[O-].CS(=O)(=O)[O-].Cc1c(N=Nc2c(Cl)n(-c3ccccc3)[n+](C)c2C)c(Cl)n(-c2ccccc2)[n+]1C. The van der Waals surface area contributed by atoms with Gasteiger partial charge in [0.2, 0.25) is 21.7 Å². The fraction of sp³-hybridized carbons (Fsp3) is 0.250. The van der Waals surface area contributed by atoms with E-state index in [0.717, 1.165) is 22.8 Å². The van der Waals surface area contributed by atoms with Crippen molar-refractivity contribution in [3.63, 3.8) is 0 Å². The minimum Gasteiger partial charge on any atom is -0.748 e. The molecule has 0 spiro atoms. The minimum atomic E-state index is -3.92. The molecule has 0 fully saturated rings. The zero-order valence-corrected chi connectivity index (χ0v) is 25.6. The molecule has 0 radical (unpaired) electrons. The van der Waals surface area contributed by atoms with E-state index in [-0.39, 0.29) is 0 Å². The Morgan fingerprint density at radius 3 is 1.15 bits per heavy atom. The maximum Gasteiger partial charge on any atom is 0.234 e. The summed E-state index contributed by atoms with van der Waals surface area (Å²) in [6.07, 6.45) is 1.21. The fourth-order valence-electron chi connectivity index (χ4n) is 3.41. The van der Waals surface area contributed by atoms with E-state index in [4.69, 9.17) is 49.1 Å². The Hall–Kier alpha value is -3.14. The van der Waals surface area contributed by atoms with Gasteiger partial charge in [-0.3, -0.25) is 0 Å². The van der Waals surface area contributed by atoms with Crippen molar-refractivity contribution in [1.29, 1.82) is 0 Å². The van der Waals surface area contributed by atoms with Crippen LogP contribution >= 0.6 is 23.2 Å². The van der Waals surface area contributed by atoms with E-state index in [0.29, 0.717) is 34.2 Å². The summed E-state index contributed by atoms with van der Waals surface area (Å²) in [5, 5.41) is 9.97. The van der Waals surface area contributed by atoms with Gasteiger partial charge in [-0.25, -0.2) is 16.8 Å². The third kappa shape index (κ3) is 9.21. The van der Waals surface area contributed by atoms with Crippen molar-refractivity contribution >= 4 is 54.8 Å². The molecule has 0 atom stereocenters. The van der Waals surface area contributed by atoms with Crippen molar-refractivity contribution in [2.24, 2.45) is 24.3 Å². The van der Waals surface area contributed by atoms with Crippen molar-refractivity contribution in [2.45, 2.75) is 13.8 Å². The second-order valence-electron chi connectivity index (χ2n) is 8.40. The Morgan fingerprint density at radius 2 is 0.900 bits per heavy atom. The first-order valence-electron chi connectivity index (χ1n) is 11.3. The second kappa shape index (κ2) is 13.5. The molecule has 0 unspecified atom stereocenters. The average Bonchev–Trinajstić information content (AvgIpc) is 3.19. The number of halogens is 2. The van der Waals surface area contributed by atoms with Crippen LogP contribution in [0.3, 0.4) is 0 Å². The van der Waals surface area contributed by atoms with E-state index in [2.05, 4.69) is 10.2 Å². The lowest BCUT2D eigenvalue weighted by Gasteiger charge is -2.00. The number of rotatable bonds is 4. The second-order valence-corrected chi connectivity index (χ2v) is 11.9. The van der Waals surface area contributed by atoms with Crippen LogP contribution < -0.4 is 9.36 Å². The monoisotopic (exact) mass is 630 g/mol. The highest BCUT2D eigenvalue weighted by atomic mass is 35.5. The molecule has 0 amide bonds. The number of aromatic nitrogens is 4. The van der Waals surface area contributed by atoms with E-state index in [1.54, 1.807) is 0 Å². The number of hydrogen-bond acceptors (Lipinski definition) is 8. The number of benzene rings is 2. The smallest absolute Gasteiger partial charge is 0.234 e. The summed E-state index contributed by atoms with van der Waals surface area (Å²) in [7, 11) is -3.95. The number of nitrogens with zero attached hydrogens (tertiary/aromatic N) is 6. The summed E-state index contributed by atoms with van der Waals surface area (Å²) in [5.74, 6) is 0. The molecule has 12 nitrogen and oxygen atoms in total. The largest absolute Gasteiger partial charge is 0.748 e. The maximum absolute atomic E-state index is 9.08. The molecule has 2 aromatic carbocycles. The number of para-hydroxylation sites is 2. The van der Waals surface area contributed by atoms with Gasteiger partial charge in [0.1, 0.15) is 11.4 Å². The summed E-state index contributed by atoms with van der Waals surface area (Å²) < 4.78 is 62.2. The quantitative estimate of drug-likeness (QED) is 0.190. The molecule has 0 aliphatic heterocycles. The molecular formula is C24H28Cl2N6O6S2. The number of hydrogen-bond donors (Lipinski definition) is 0. The van der Waals surface area contributed by atoms with Crippen LogP contribution in [0.25, 0.3) is 11.4 Å². The lowest BCUT2D eigenvalue weighted by molar-refractivity contribution is -0.749. The Morgan fingerprint density at radius 1 is 0.650 bits per heavy atom. The highest BCUT2D eigenvalue weighted by Gasteiger charge is 2.28. The van der Waals surface area contributed by atoms with Gasteiger partial charge in [0.05, 0.1) is 20.2 Å². The summed E-state index contributed by atoms with van der Waals surface area (Å²) >= 11 is 13.4. The highest BCUT2D eigenvalue weighted by molar-refractivity contribution is 7.85. The molecule has 0 aliphatic carbocycles. The lowest BCUT2D eigenvalue weighted by atomic mass is 10.3. The van der Waals surface area contributed by atoms with Gasteiger partial charge in [-0.05, 0) is 24.3 Å². The summed E-state index contributed by atoms with van der Waals surface area (Å²) in [5.41, 5.74) is 4.90. The molecule has 2 heterocycles. The van der Waals surface area contributed by atoms with Crippen molar-refractivity contribution in [3.05, 3.63) is 82.4 Å². The zero-order valence-electron chi connectivity index (χ0n) is 22.5. The van der Waals surface area contributed by atoms with Crippen LogP contribution in [-0.2, 0) is 34.3 Å². The molecule has 0 aliphatic rings. The van der Waals surface area contributed by atoms with Crippen molar-refractivity contribution in [3.8, 4) is 11.4 Å². The molecule has 0 N–H and O–H groups in total. The van der Waals surface area contributed by atoms with Gasteiger partial charge in [0, 0.05) is 26.4 Å². The molecule has 40 heavy (non-hydrogen) atoms. The Bertz CT molecular complexity index is 1580. The Balaban J connectivity index is 0.000000482. The van der Waals surface area contributed by atoms with Gasteiger partial charge in [-0.15, -0.1) is 29.0 Å². The first kappa shape index (κ1) is 33.1. The topological polar surface area (TPSA) is 157 Å². The molecule has 4 rings (SSSR count). The Kier molecular flexibility index (Phi) is 11.1. The minimum absolute atomic E-state index is 0.491. The van der Waals surface area contributed by atoms with Gasteiger partial charge < -0.3 is 9.11 Å². The molecule has 216 valence electrons. The first-order chi connectivity index (χ1) is 18.4. The fourth-order valence-corrected chi connectivity index (χ4v) is 4.18. The normalized spacial score (nSPS) is 11.6. The lowest BCUT2D eigenvalue weighted by Crippen LogP contribution is -2.40. The van der Waals surface area contributed by atoms with Crippen LogP contribution in [0.4, 0.5) is 11.4 Å². The molecule has 2 aromatic heterocycles. The summed E-state index contributed by atoms with van der Waals surface area (Å²) in [6.45, 7) is 3.92. The van der Waals surface area contributed by atoms with Crippen LogP contribution in [-0.4, -0.2) is 47.8 Å². The van der Waals surface area contributed by atoms with Crippen LogP contribution in [0.15, 0.2) is 70.9 Å². The molecule has 0 saturated carbocycles. The zero-order chi connectivity index (χ0) is 30.4. The van der Waals surface area contributed by atoms with Gasteiger partial charge in [0.15, 0.2) is 25.5 Å². The predicted molar refractivity (Wildman–Crippen MR) is 149 cm³/mol. The van der Waals surface area contributed by atoms with E-state index in [1.807, 2.05) is 107 Å². The first-order valence-corrected chi connectivity index (χ1v) is 15.7. The van der Waals surface area contributed by atoms with Gasteiger partial charge in [-0.1, -0.05) is 59.6 Å². The van der Waals surface area contributed by atoms with Crippen molar-refractivity contribution < 1.29 is 35.3 Å². The van der Waals surface area contributed by atoms with Crippen LogP contribution in [0.1, 0.15) is 11.4 Å². The van der Waals surface area contributed by atoms with Gasteiger partial charge in [-0.2, -0.15) is 0 Å². The maximum atomic E-state index is 9.08. The average molecular weight is 632 g/mol. The third-order valence-corrected chi connectivity index (χ3v) is 5.95. The molecule has 16 heteroatoms. The van der Waals surface area contributed by atoms with Crippen LogP contribution in [0, 0.1) is 13.8 Å². The predicted octanol–water partition coefficient (Wildman–Crippen LogP) is 3.58. The van der Waals surface area contributed by atoms with E-state index in [9.17, 15) is 0 Å². The highest BCUT2D eigenvalue weighted by Crippen LogP contribution is 2.34. The van der Waals surface area contributed by atoms with E-state index < -0.39 is 20.2 Å². The molecule has 0 bridgehead atoms. The molecule has 4 aromatic rings.